The molecule has 86 valence electrons. The van der Waals surface area contributed by atoms with Crippen molar-refractivity contribution in [2.75, 3.05) is 0 Å². The van der Waals surface area contributed by atoms with Gasteiger partial charge in [0.2, 0.25) is 5.28 Å². The van der Waals surface area contributed by atoms with Crippen LogP contribution in [0.25, 0.3) is 16.6 Å². The molecule has 1 aromatic carbocycles. The van der Waals surface area contributed by atoms with Gasteiger partial charge in [0.25, 0.3) is 0 Å². The molecule has 0 N–H and O–H groups in total. The molecule has 0 amide bonds. The molecule has 6 heteroatoms. The summed E-state index contributed by atoms with van der Waals surface area (Å²) in [7, 11) is 0. The van der Waals surface area contributed by atoms with Crippen molar-refractivity contribution in [3.8, 4) is 0 Å². The lowest BCUT2D eigenvalue weighted by Crippen LogP contribution is -1.97. The SMILES string of the molecule is Cc1cc(F)c2nc(Cl)n3nc(C)nc3c2c1. The highest BCUT2D eigenvalue weighted by Gasteiger charge is 2.13. The minimum atomic E-state index is -0.398. The van der Waals surface area contributed by atoms with Gasteiger partial charge in [0, 0.05) is 5.39 Å². The van der Waals surface area contributed by atoms with Crippen molar-refractivity contribution in [3.05, 3.63) is 34.6 Å². The fourth-order valence-corrected chi connectivity index (χ4v) is 2.08. The smallest absolute Gasteiger partial charge is 0.215 e. The van der Waals surface area contributed by atoms with E-state index >= 15 is 0 Å². The third-order valence-electron chi connectivity index (χ3n) is 2.54. The molecule has 0 saturated heterocycles. The molecule has 0 aliphatic rings. The molecule has 0 unspecified atom stereocenters. The number of fused-ring (bicyclic) bond motifs is 3. The van der Waals surface area contributed by atoms with Crippen LogP contribution >= 0.6 is 11.6 Å². The van der Waals surface area contributed by atoms with Gasteiger partial charge in [-0.1, -0.05) is 0 Å². The van der Waals surface area contributed by atoms with Crippen LogP contribution in [-0.4, -0.2) is 19.6 Å². The van der Waals surface area contributed by atoms with Crippen molar-refractivity contribution in [1.29, 1.82) is 0 Å². The molecule has 0 radical (unpaired) electrons. The minimum Gasteiger partial charge on any atom is -0.215 e. The number of hydrogen-bond acceptors (Lipinski definition) is 3. The van der Waals surface area contributed by atoms with Crippen LogP contribution in [-0.2, 0) is 0 Å². The zero-order valence-electron chi connectivity index (χ0n) is 9.20. The Morgan fingerprint density at radius 1 is 1.24 bits per heavy atom. The molecule has 0 saturated carbocycles. The maximum absolute atomic E-state index is 13.8. The molecule has 3 aromatic rings. The van der Waals surface area contributed by atoms with Gasteiger partial charge in [-0.2, -0.15) is 4.52 Å². The summed E-state index contributed by atoms with van der Waals surface area (Å²) in [5.74, 6) is 0.174. The summed E-state index contributed by atoms with van der Waals surface area (Å²) in [6.45, 7) is 3.57. The van der Waals surface area contributed by atoms with E-state index in [4.69, 9.17) is 11.6 Å². The highest BCUT2D eigenvalue weighted by molar-refractivity contribution is 6.29. The van der Waals surface area contributed by atoms with Gasteiger partial charge in [-0.15, -0.1) is 5.10 Å². The van der Waals surface area contributed by atoms with Gasteiger partial charge in [0.1, 0.15) is 17.2 Å². The quantitative estimate of drug-likeness (QED) is 0.576. The second-order valence-electron chi connectivity index (χ2n) is 3.92. The molecule has 0 bridgehead atoms. The Hall–Kier alpha value is -1.75. The predicted molar refractivity (Wildman–Crippen MR) is 62.7 cm³/mol. The molecule has 0 fully saturated rings. The standard InChI is InChI=1S/C11H8ClFN4/c1-5-3-7-9(8(13)4-5)15-11(12)17-10(7)14-6(2)16-17/h3-4H,1-2H3. The van der Waals surface area contributed by atoms with E-state index in [0.717, 1.165) is 5.56 Å². The lowest BCUT2D eigenvalue weighted by Gasteiger charge is -2.03. The van der Waals surface area contributed by atoms with E-state index in [-0.39, 0.29) is 10.8 Å². The zero-order chi connectivity index (χ0) is 12.2. The fraction of sp³-hybridized carbons (Fsp3) is 0.182. The Balaban J connectivity index is 2.62. The second-order valence-corrected chi connectivity index (χ2v) is 4.26. The van der Waals surface area contributed by atoms with Crippen molar-refractivity contribution >= 4 is 28.2 Å². The Morgan fingerprint density at radius 3 is 2.76 bits per heavy atom. The van der Waals surface area contributed by atoms with Gasteiger partial charge < -0.3 is 0 Å². The Kier molecular flexibility index (Phi) is 2.06. The maximum atomic E-state index is 13.8. The van der Waals surface area contributed by atoms with Crippen molar-refractivity contribution in [2.24, 2.45) is 0 Å². The van der Waals surface area contributed by atoms with Crippen LogP contribution in [0.4, 0.5) is 4.39 Å². The summed E-state index contributed by atoms with van der Waals surface area (Å²) in [4.78, 5) is 8.25. The largest absolute Gasteiger partial charge is 0.226 e. The van der Waals surface area contributed by atoms with Crippen LogP contribution < -0.4 is 0 Å². The molecule has 17 heavy (non-hydrogen) atoms. The molecular formula is C11H8ClFN4. The minimum absolute atomic E-state index is 0.107. The van der Waals surface area contributed by atoms with Gasteiger partial charge in [0.15, 0.2) is 5.65 Å². The van der Waals surface area contributed by atoms with E-state index in [1.807, 2.05) is 13.0 Å². The monoisotopic (exact) mass is 250 g/mol. The van der Waals surface area contributed by atoms with E-state index in [9.17, 15) is 4.39 Å². The highest BCUT2D eigenvalue weighted by Crippen LogP contribution is 2.24. The first-order valence-electron chi connectivity index (χ1n) is 5.05. The highest BCUT2D eigenvalue weighted by atomic mass is 35.5. The summed E-state index contributed by atoms with van der Waals surface area (Å²) in [6, 6.07) is 3.25. The van der Waals surface area contributed by atoms with E-state index in [1.165, 1.54) is 10.6 Å². The molecule has 4 nitrogen and oxygen atoms in total. The predicted octanol–water partition coefficient (Wildman–Crippen LogP) is 2.69. The number of aromatic nitrogens is 4. The lowest BCUT2D eigenvalue weighted by atomic mass is 10.1. The molecule has 0 aliphatic carbocycles. The molecule has 2 aromatic heterocycles. The van der Waals surface area contributed by atoms with Crippen LogP contribution in [0.15, 0.2) is 12.1 Å². The van der Waals surface area contributed by atoms with Crippen LogP contribution in [0.5, 0.6) is 0 Å². The van der Waals surface area contributed by atoms with E-state index in [2.05, 4.69) is 15.1 Å². The van der Waals surface area contributed by atoms with Gasteiger partial charge in [-0.05, 0) is 43.1 Å². The molecule has 0 aliphatic heterocycles. The summed E-state index contributed by atoms with van der Waals surface area (Å²) >= 11 is 5.94. The van der Waals surface area contributed by atoms with Crippen molar-refractivity contribution in [3.63, 3.8) is 0 Å². The lowest BCUT2D eigenvalue weighted by molar-refractivity contribution is 0.635. The first-order chi connectivity index (χ1) is 8.06. The van der Waals surface area contributed by atoms with Crippen LogP contribution in [0.1, 0.15) is 11.4 Å². The van der Waals surface area contributed by atoms with Crippen molar-refractivity contribution in [2.45, 2.75) is 13.8 Å². The number of hydrogen-bond donors (Lipinski definition) is 0. The Bertz CT molecular complexity index is 750. The fourth-order valence-electron chi connectivity index (χ4n) is 1.88. The number of nitrogens with zero attached hydrogens (tertiary/aromatic N) is 4. The third kappa shape index (κ3) is 1.46. The van der Waals surface area contributed by atoms with E-state index < -0.39 is 5.82 Å². The van der Waals surface area contributed by atoms with Crippen molar-refractivity contribution < 1.29 is 4.39 Å². The van der Waals surface area contributed by atoms with Gasteiger partial charge in [-0.25, -0.2) is 14.4 Å². The zero-order valence-corrected chi connectivity index (χ0v) is 9.96. The molecule has 0 atom stereocenters. The summed E-state index contributed by atoms with van der Waals surface area (Å²) in [6.07, 6.45) is 0. The maximum Gasteiger partial charge on any atom is 0.226 e. The van der Waals surface area contributed by atoms with Crippen LogP contribution in [0, 0.1) is 19.7 Å². The summed E-state index contributed by atoms with van der Waals surface area (Å²) in [5.41, 5.74) is 1.56. The van der Waals surface area contributed by atoms with Crippen LogP contribution in [0.2, 0.25) is 5.28 Å². The Morgan fingerprint density at radius 2 is 2.00 bits per heavy atom. The topological polar surface area (TPSA) is 43.1 Å². The first kappa shape index (κ1) is 10.4. The average Bonchev–Trinajstić information content (AvgIpc) is 2.63. The molecule has 3 rings (SSSR count). The first-order valence-corrected chi connectivity index (χ1v) is 5.43. The van der Waals surface area contributed by atoms with E-state index in [0.29, 0.717) is 16.9 Å². The average molecular weight is 251 g/mol. The Labute approximate surface area is 101 Å². The summed E-state index contributed by atoms with van der Waals surface area (Å²) in [5, 5.41) is 4.84. The van der Waals surface area contributed by atoms with Gasteiger partial charge >= 0.3 is 0 Å². The van der Waals surface area contributed by atoms with Gasteiger partial charge in [0.05, 0.1) is 0 Å². The molecule has 0 spiro atoms. The molecular weight excluding hydrogens is 243 g/mol. The van der Waals surface area contributed by atoms with E-state index in [1.54, 1.807) is 6.92 Å². The van der Waals surface area contributed by atoms with Crippen LogP contribution in [0.3, 0.4) is 0 Å². The third-order valence-corrected chi connectivity index (χ3v) is 2.79. The number of aryl methyl sites for hydroxylation is 2. The van der Waals surface area contributed by atoms with Crippen molar-refractivity contribution in [1.82, 2.24) is 19.6 Å². The number of benzene rings is 1. The molecule has 2 heterocycles. The normalized spacial score (nSPS) is 11.5. The summed E-state index contributed by atoms with van der Waals surface area (Å²) < 4.78 is 15.2. The number of rotatable bonds is 0. The second kappa shape index (κ2) is 3.37. The van der Waals surface area contributed by atoms with Gasteiger partial charge in [-0.3, -0.25) is 0 Å². The number of halogens is 2.